The first-order valence-corrected chi connectivity index (χ1v) is 8.51. The van der Waals surface area contributed by atoms with E-state index in [1.165, 1.54) is 0 Å². The van der Waals surface area contributed by atoms with Crippen LogP contribution in [0.3, 0.4) is 0 Å². The molecule has 0 aromatic carbocycles. The summed E-state index contributed by atoms with van der Waals surface area (Å²) >= 11 is 0. The van der Waals surface area contributed by atoms with E-state index in [1.807, 2.05) is 36.7 Å². The first-order valence-electron chi connectivity index (χ1n) is 8.51. The Kier molecular flexibility index (Phi) is 11.5. The summed E-state index contributed by atoms with van der Waals surface area (Å²) in [6.45, 7) is 6.18. The molecule has 2 aromatic heterocycles. The smallest absolute Gasteiger partial charge is 0.213 e. The van der Waals surface area contributed by atoms with E-state index >= 15 is 0 Å². The number of nitrogens with zero attached hydrogens (tertiary/aromatic N) is 3. The molecule has 2 rings (SSSR count). The largest absolute Gasteiger partial charge is 0.475 e. The molecule has 0 unspecified atom stereocenters. The molecule has 0 aliphatic carbocycles. The van der Waals surface area contributed by atoms with E-state index in [0.29, 0.717) is 25.6 Å². The topological polar surface area (TPSA) is 72.7 Å². The zero-order chi connectivity index (χ0) is 17.7. The van der Waals surface area contributed by atoms with Crippen molar-refractivity contribution in [3.8, 4) is 5.88 Å². The number of hydrogen-bond acceptors (Lipinski definition) is 4. The van der Waals surface area contributed by atoms with Gasteiger partial charge in [-0.1, -0.05) is 6.07 Å². The van der Waals surface area contributed by atoms with Crippen molar-refractivity contribution in [1.82, 2.24) is 20.2 Å². The third kappa shape index (κ3) is 8.52. The number of aliphatic imine (C=N–C) groups is 1. The number of guanidine groups is 1. The summed E-state index contributed by atoms with van der Waals surface area (Å²) in [4.78, 5) is 8.87. The van der Waals surface area contributed by atoms with E-state index in [4.69, 9.17) is 9.47 Å². The maximum Gasteiger partial charge on any atom is 0.213 e. The average Bonchev–Trinajstić information content (AvgIpc) is 3.14. The van der Waals surface area contributed by atoms with Crippen molar-refractivity contribution in [1.29, 1.82) is 0 Å². The molecule has 7 nitrogen and oxygen atoms in total. The molecule has 2 aromatic rings. The zero-order valence-electron chi connectivity index (χ0n) is 15.4. The Hall–Kier alpha value is -1.81. The molecule has 0 aliphatic rings. The molecule has 26 heavy (non-hydrogen) atoms. The lowest BCUT2D eigenvalue weighted by molar-refractivity contribution is 0.143. The lowest BCUT2D eigenvalue weighted by Crippen LogP contribution is -2.38. The molecule has 0 fully saturated rings. The Morgan fingerprint density at radius 3 is 2.65 bits per heavy atom. The van der Waals surface area contributed by atoms with Crippen LogP contribution in [0.2, 0.25) is 0 Å². The molecule has 0 radical (unpaired) electrons. The Morgan fingerprint density at radius 2 is 2.00 bits per heavy atom. The summed E-state index contributed by atoms with van der Waals surface area (Å²) < 4.78 is 12.5. The number of rotatable bonds is 10. The van der Waals surface area contributed by atoms with Gasteiger partial charge in [-0.05, 0) is 24.6 Å². The van der Waals surface area contributed by atoms with E-state index in [9.17, 15) is 0 Å². The Labute approximate surface area is 172 Å². The number of methoxy groups -OCH3 is 1. The fourth-order valence-electron chi connectivity index (χ4n) is 2.15. The quantitative estimate of drug-likeness (QED) is 0.240. The average molecular weight is 473 g/mol. The van der Waals surface area contributed by atoms with Crippen molar-refractivity contribution < 1.29 is 9.47 Å². The highest BCUT2D eigenvalue weighted by Crippen LogP contribution is 2.08. The van der Waals surface area contributed by atoms with Gasteiger partial charge in [0.1, 0.15) is 6.61 Å². The van der Waals surface area contributed by atoms with Crippen LogP contribution in [0.25, 0.3) is 0 Å². The van der Waals surface area contributed by atoms with Crippen LogP contribution in [0, 0.1) is 0 Å². The van der Waals surface area contributed by atoms with Crippen LogP contribution in [-0.4, -0.2) is 48.9 Å². The molecular formula is C18H28IN5O2. The van der Waals surface area contributed by atoms with Crippen LogP contribution in [0.1, 0.15) is 12.5 Å². The van der Waals surface area contributed by atoms with Crippen molar-refractivity contribution in [3.63, 3.8) is 0 Å². The maximum absolute atomic E-state index is 5.46. The van der Waals surface area contributed by atoms with Crippen molar-refractivity contribution in [2.75, 3.05) is 33.4 Å². The molecule has 144 valence electrons. The monoisotopic (exact) mass is 473 g/mol. The molecular weight excluding hydrogens is 445 g/mol. The molecule has 0 bridgehead atoms. The van der Waals surface area contributed by atoms with Crippen LogP contribution in [0.5, 0.6) is 5.88 Å². The normalized spacial score (nSPS) is 10.9. The summed E-state index contributed by atoms with van der Waals surface area (Å²) in [6.07, 6.45) is 5.89. The summed E-state index contributed by atoms with van der Waals surface area (Å²) in [7, 11) is 1.65. The summed E-state index contributed by atoms with van der Waals surface area (Å²) in [5.41, 5.74) is 1.03. The number of hydrogen-bond donors (Lipinski definition) is 2. The van der Waals surface area contributed by atoms with Crippen LogP contribution in [0.15, 0.2) is 47.8 Å². The number of pyridine rings is 1. The molecule has 2 heterocycles. The van der Waals surface area contributed by atoms with Crippen molar-refractivity contribution in [3.05, 3.63) is 48.4 Å². The van der Waals surface area contributed by atoms with Gasteiger partial charge < -0.3 is 24.7 Å². The molecule has 8 heteroatoms. The number of nitrogens with one attached hydrogen (secondary N) is 2. The summed E-state index contributed by atoms with van der Waals surface area (Å²) in [5, 5.41) is 6.58. The van der Waals surface area contributed by atoms with E-state index in [-0.39, 0.29) is 24.0 Å². The molecule has 0 saturated heterocycles. The van der Waals surface area contributed by atoms with Crippen LogP contribution < -0.4 is 15.4 Å². The third-order valence-electron chi connectivity index (χ3n) is 3.43. The van der Waals surface area contributed by atoms with Gasteiger partial charge in [-0.3, -0.25) is 0 Å². The van der Waals surface area contributed by atoms with Gasteiger partial charge in [0, 0.05) is 51.4 Å². The molecule has 2 N–H and O–H groups in total. The predicted octanol–water partition coefficient (Wildman–Crippen LogP) is 2.28. The minimum atomic E-state index is 0. The Morgan fingerprint density at radius 1 is 1.19 bits per heavy atom. The highest BCUT2D eigenvalue weighted by Gasteiger charge is 2.00. The number of aromatic nitrogens is 2. The number of ether oxygens (including phenoxy) is 2. The Bertz CT molecular complexity index is 617. The standard InChI is InChI=1S/C18H27N5O2.HI/c1-3-19-18(20-8-11-23-9-4-5-10-23)22-15-16-6-7-17(21-14-16)25-13-12-24-2;/h4-7,9-10,14H,3,8,11-13,15H2,1-2H3,(H2,19,20,22);1H. The molecule has 0 aliphatic heterocycles. The van der Waals surface area contributed by atoms with Gasteiger partial charge >= 0.3 is 0 Å². The summed E-state index contributed by atoms with van der Waals surface area (Å²) in [6, 6.07) is 7.87. The second-order valence-electron chi connectivity index (χ2n) is 5.39. The minimum absolute atomic E-state index is 0. The van der Waals surface area contributed by atoms with Gasteiger partial charge in [0.25, 0.3) is 0 Å². The highest BCUT2D eigenvalue weighted by molar-refractivity contribution is 14.0. The van der Waals surface area contributed by atoms with Gasteiger partial charge in [-0.2, -0.15) is 0 Å². The van der Waals surface area contributed by atoms with Crippen LogP contribution in [-0.2, 0) is 17.8 Å². The third-order valence-corrected chi connectivity index (χ3v) is 3.43. The van der Waals surface area contributed by atoms with Gasteiger partial charge in [0.2, 0.25) is 5.88 Å². The molecule has 0 amide bonds. The van der Waals surface area contributed by atoms with Crippen molar-refractivity contribution in [2.24, 2.45) is 4.99 Å². The molecule has 0 spiro atoms. The first-order chi connectivity index (χ1) is 12.3. The van der Waals surface area contributed by atoms with Crippen LogP contribution in [0.4, 0.5) is 0 Å². The molecule has 0 saturated carbocycles. The van der Waals surface area contributed by atoms with E-state index in [0.717, 1.165) is 31.2 Å². The molecule has 0 atom stereocenters. The fourth-order valence-corrected chi connectivity index (χ4v) is 2.15. The van der Waals surface area contributed by atoms with E-state index < -0.39 is 0 Å². The van der Waals surface area contributed by atoms with Gasteiger partial charge in [0.15, 0.2) is 5.96 Å². The lowest BCUT2D eigenvalue weighted by atomic mass is 10.3. The zero-order valence-corrected chi connectivity index (χ0v) is 17.7. The van der Waals surface area contributed by atoms with E-state index in [1.54, 1.807) is 13.3 Å². The second kappa shape index (κ2) is 13.4. The summed E-state index contributed by atoms with van der Waals surface area (Å²) in [5.74, 6) is 1.40. The SMILES string of the molecule is CCNC(=NCc1ccc(OCCOC)nc1)NCCn1cccc1.I. The Balaban J connectivity index is 0.00000338. The van der Waals surface area contributed by atoms with E-state index in [2.05, 4.69) is 32.1 Å². The first kappa shape index (κ1) is 22.2. The lowest BCUT2D eigenvalue weighted by Gasteiger charge is -2.12. The second-order valence-corrected chi connectivity index (χ2v) is 5.39. The van der Waals surface area contributed by atoms with Gasteiger partial charge in [-0.15, -0.1) is 24.0 Å². The predicted molar refractivity (Wildman–Crippen MR) is 114 cm³/mol. The van der Waals surface area contributed by atoms with Crippen molar-refractivity contribution in [2.45, 2.75) is 20.0 Å². The minimum Gasteiger partial charge on any atom is -0.475 e. The maximum atomic E-state index is 5.46. The number of halogens is 1. The highest BCUT2D eigenvalue weighted by atomic mass is 127. The van der Waals surface area contributed by atoms with Crippen molar-refractivity contribution >= 4 is 29.9 Å². The van der Waals surface area contributed by atoms with Gasteiger partial charge in [-0.25, -0.2) is 9.98 Å². The van der Waals surface area contributed by atoms with Crippen LogP contribution >= 0.6 is 24.0 Å². The fraction of sp³-hybridized carbons (Fsp3) is 0.444. The van der Waals surface area contributed by atoms with Gasteiger partial charge in [0.05, 0.1) is 13.2 Å².